The Labute approximate surface area is 89.0 Å². The zero-order valence-electron chi connectivity index (χ0n) is 9.00. The van der Waals surface area contributed by atoms with Crippen molar-refractivity contribution in [1.82, 2.24) is 0 Å². The highest BCUT2D eigenvalue weighted by atomic mass is 19.1. The molecule has 0 aliphatic rings. The highest BCUT2D eigenvalue weighted by molar-refractivity contribution is 5.75. The Bertz CT molecular complexity index is 368. The molecule has 1 rings (SSSR count). The van der Waals surface area contributed by atoms with E-state index in [2.05, 4.69) is 4.99 Å². The van der Waals surface area contributed by atoms with Gasteiger partial charge in [0.15, 0.2) is 5.96 Å². The third-order valence-corrected chi connectivity index (χ3v) is 2.26. The van der Waals surface area contributed by atoms with Crippen molar-refractivity contribution in [3.8, 4) is 0 Å². The lowest BCUT2D eigenvalue weighted by Gasteiger charge is -2.23. The fourth-order valence-electron chi connectivity index (χ4n) is 1.38. The van der Waals surface area contributed by atoms with Crippen LogP contribution in [0.5, 0.6) is 0 Å². The van der Waals surface area contributed by atoms with E-state index in [1.54, 1.807) is 18.2 Å². The van der Waals surface area contributed by atoms with Gasteiger partial charge in [-0.15, -0.1) is 0 Å². The van der Waals surface area contributed by atoms with E-state index in [1.807, 2.05) is 13.8 Å². The maximum Gasteiger partial charge on any atom is 0.185 e. The quantitative estimate of drug-likeness (QED) is 0.583. The van der Waals surface area contributed by atoms with Gasteiger partial charge < -0.3 is 11.5 Å². The first-order chi connectivity index (χ1) is 6.93. The molecule has 0 atom stereocenters. The van der Waals surface area contributed by atoms with Crippen molar-refractivity contribution in [2.45, 2.75) is 19.3 Å². The van der Waals surface area contributed by atoms with Gasteiger partial charge in [0, 0.05) is 5.41 Å². The molecule has 0 radical (unpaired) electrons. The van der Waals surface area contributed by atoms with Gasteiger partial charge in [-0.1, -0.05) is 32.0 Å². The molecule has 0 amide bonds. The van der Waals surface area contributed by atoms with Crippen LogP contribution in [-0.2, 0) is 5.41 Å². The van der Waals surface area contributed by atoms with Crippen molar-refractivity contribution < 1.29 is 4.39 Å². The van der Waals surface area contributed by atoms with Crippen LogP contribution in [0.4, 0.5) is 4.39 Å². The third-order valence-electron chi connectivity index (χ3n) is 2.26. The Kier molecular flexibility index (Phi) is 3.29. The Morgan fingerprint density at radius 2 is 1.93 bits per heavy atom. The molecule has 82 valence electrons. The van der Waals surface area contributed by atoms with Gasteiger partial charge in [0.25, 0.3) is 0 Å². The van der Waals surface area contributed by atoms with Crippen molar-refractivity contribution in [3.63, 3.8) is 0 Å². The molecule has 0 spiro atoms. The Hall–Kier alpha value is -1.58. The average molecular weight is 209 g/mol. The molecule has 0 fully saturated rings. The fraction of sp³-hybridized carbons (Fsp3) is 0.364. The van der Waals surface area contributed by atoms with E-state index in [1.165, 1.54) is 6.07 Å². The molecule has 3 nitrogen and oxygen atoms in total. The van der Waals surface area contributed by atoms with Crippen LogP contribution in [0.1, 0.15) is 19.4 Å². The monoisotopic (exact) mass is 209 g/mol. The predicted octanol–water partition coefficient (Wildman–Crippen LogP) is 1.38. The van der Waals surface area contributed by atoms with Gasteiger partial charge in [-0.3, -0.25) is 4.99 Å². The molecule has 0 unspecified atom stereocenters. The Balaban J connectivity index is 2.95. The molecule has 0 aliphatic carbocycles. The maximum absolute atomic E-state index is 13.5. The summed E-state index contributed by atoms with van der Waals surface area (Å²) >= 11 is 0. The summed E-state index contributed by atoms with van der Waals surface area (Å²) in [7, 11) is 0. The van der Waals surface area contributed by atoms with E-state index in [9.17, 15) is 4.39 Å². The molecule has 0 bridgehead atoms. The first-order valence-electron chi connectivity index (χ1n) is 4.74. The molecule has 1 aromatic carbocycles. The van der Waals surface area contributed by atoms with Crippen LogP contribution in [0, 0.1) is 5.82 Å². The predicted molar refractivity (Wildman–Crippen MR) is 60.1 cm³/mol. The molecule has 0 saturated heterocycles. The Morgan fingerprint density at radius 1 is 1.33 bits per heavy atom. The summed E-state index contributed by atoms with van der Waals surface area (Å²) in [6, 6.07) is 6.65. The minimum absolute atomic E-state index is 0.0272. The normalized spacial score (nSPS) is 11.1. The van der Waals surface area contributed by atoms with Crippen LogP contribution in [0.15, 0.2) is 29.3 Å². The topological polar surface area (TPSA) is 64.4 Å². The lowest BCUT2D eigenvalue weighted by atomic mass is 9.84. The zero-order chi connectivity index (χ0) is 11.5. The van der Waals surface area contributed by atoms with Crippen molar-refractivity contribution >= 4 is 5.96 Å². The molecular weight excluding hydrogens is 193 g/mol. The number of benzene rings is 1. The number of hydrogen-bond acceptors (Lipinski definition) is 1. The fourth-order valence-corrected chi connectivity index (χ4v) is 1.38. The molecule has 0 aliphatic heterocycles. The van der Waals surface area contributed by atoms with Crippen LogP contribution in [-0.4, -0.2) is 12.5 Å². The molecule has 1 aromatic rings. The van der Waals surface area contributed by atoms with E-state index >= 15 is 0 Å². The lowest BCUT2D eigenvalue weighted by molar-refractivity contribution is 0.494. The van der Waals surface area contributed by atoms with Gasteiger partial charge in [-0.25, -0.2) is 4.39 Å². The number of guanidine groups is 1. The van der Waals surface area contributed by atoms with Crippen molar-refractivity contribution in [1.29, 1.82) is 0 Å². The van der Waals surface area contributed by atoms with Crippen LogP contribution in [0.2, 0.25) is 0 Å². The molecule has 15 heavy (non-hydrogen) atoms. The molecule has 0 aromatic heterocycles. The number of hydrogen-bond donors (Lipinski definition) is 2. The third kappa shape index (κ3) is 2.94. The second-order valence-electron chi connectivity index (χ2n) is 4.10. The summed E-state index contributed by atoms with van der Waals surface area (Å²) in [6.45, 7) is 4.17. The minimum Gasteiger partial charge on any atom is -0.370 e. The lowest BCUT2D eigenvalue weighted by Crippen LogP contribution is -2.28. The summed E-state index contributed by atoms with van der Waals surface area (Å²) in [4.78, 5) is 3.92. The first-order valence-corrected chi connectivity index (χ1v) is 4.74. The second kappa shape index (κ2) is 4.29. The highest BCUT2D eigenvalue weighted by Crippen LogP contribution is 2.25. The SMILES string of the molecule is CC(C)(CN=C(N)N)c1ccccc1F. The largest absolute Gasteiger partial charge is 0.370 e. The van der Waals surface area contributed by atoms with Crippen molar-refractivity contribution in [3.05, 3.63) is 35.6 Å². The van der Waals surface area contributed by atoms with Crippen molar-refractivity contribution in [2.75, 3.05) is 6.54 Å². The first kappa shape index (κ1) is 11.5. The van der Waals surface area contributed by atoms with Crippen molar-refractivity contribution in [2.24, 2.45) is 16.5 Å². The van der Waals surface area contributed by atoms with Crippen LogP contribution in [0.25, 0.3) is 0 Å². The van der Waals surface area contributed by atoms with Gasteiger partial charge in [0.2, 0.25) is 0 Å². The van der Waals surface area contributed by atoms with Gasteiger partial charge in [-0.2, -0.15) is 0 Å². The summed E-state index contributed by atoms with van der Waals surface area (Å²) < 4.78 is 13.5. The minimum atomic E-state index is -0.407. The van der Waals surface area contributed by atoms with E-state index < -0.39 is 5.41 Å². The number of halogens is 1. The average Bonchev–Trinajstić information content (AvgIpc) is 2.15. The molecule has 4 N–H and O–H groups in total. The molecule has 4 heteroatoms. The smallest absolute Gasteiger partial charge is 0.185 e. The van der Waals surface area contributed by atoms with E-state index in [-0.39, 0.29) is 11.8 Å². The zero-order valence-corrected chi connectivity index (χ0v) is 9.00. The van der Waals surface area contributed by atoms with E-state index in [4.69, 9.17) is 11.5 Å². The van der Waals surface area contributed by atoms with E-state index in [0.29, 0.717) is 12.1 Å². The number of nitrogens with zero attached hydrogens (tertiary/aromatic N) is 1. The molecule has 0 saturated carbocycles. The second-order valence-corrected chi connectivity index (χ2v) is 4.10. The van der Waals surface area contributed by atoms with Gasteiger partial charge in [-0.05, 0) is 11.6 Å². The highest BCUT2D eigenvalue weighted by Gasteiger charge is 2.23. The number of rotatable bonds is 3. The summed E-state index contributed by atoms with van der Waals surface area (Å²) in [5.74, 6) is -0.201. The molecular formula is C11H16FN3. The summed E-state index contributed by atoms with van der Waals surface area (Å²) in [5, 5.41) is 0. The number of aliphatic imine (C=N–C) groups is 1. The van der Waals surface area contributed by atoms with Gasteiger partial charge >= 0.3 is 0 Å². The maximum atomic E-state index is 13.5. The van der Waals surface area contributed by atoms with Crippen LogP contribution >= 0.6 is 0 Å². The van der Waals surface area contributed by atoms with Gasteiger partial charge in [0.05, 0.1) is 6.54 Å². The van der Waals surface area contributed by atoms with Gasteiger partial charge in [0.1, 0.15) is 5.82 Å². The van der Waals surface area contributed by atoms with Crippen LogP contribution < -0.4 is 11.5 Å². The summed E-state index contributed by atoms with van der Waals surface area (Å²) in [5.41, 5.74) is 10.7. The van der Waals surface area contributed by atoms with Crippen LogP contribution in [0.3, 0.4) is 0 Å². The Morgan fingerprint density at radius 3 is 2.47 bits per heavy atom. The summed E-state index contributed by atoms with van der Waals surface area (Å²) in [6.07, 6.45) is 0. The molecule has 0 heterocycles. The van der Waals surface area contributed by atoms with E-state index in [0.717, 1.165) is 0 Å². The number of nitrogens with two attached hydrogens (primary N) is 2. The standard InChI is InChI=1S/C11H16FN3/c1-11(2,7-15-10(13)14)8-5-3-4-6-9(8)12/h3-6H,7H2,1-2H3,(H4,13,14,15).